The average molecular weight is 473 g/mol. The minimum Gasteiger partial charge on any atom is -0.444 e. The lowest BCUT2D eigenvalue weighted by Crippen LogP contribution is -2.45. The second-order valence-corrected chi connectivity index (χ2v) is 10.2. The van der Waals surface area contributed by atoms with E-state index in [1.165, 1.54) is 18.3 Å². The normalized spacial score (nSPS) is 17.2. The molecule has 3 amide bonds. The Morgan fingerprint density at radius 1 is 1.21 bits per heavy atom. The molecular formula is C24H32N4O4S. The summed E-state index contributed by atoms with van der Waals surface area (Å²) in [6, 6.07) is 7.75. The van der Waals surface area contributed by atoms with Crippen molar-refractivity contribution in [1.29, 1.82) is 0 Å². The van der Waals surface area contributed by atoms with Crippen molar-refractivity contribution < 1.29 is 19.1 Å². The van der Waals surface area contributed by atoms with Crippen LogP contribution in [0.25, 0.3) is 11.3 Å². The SMILES string of the molecule is CC(=O)NC(C)c1ccc(-c2csc(NC(=O)C3CCCN(C(=O)OC(C)(C)C)C3)n2)cc1. The zero-order valence-electron chi connectivity index (χ0n) is 19.8. The van der Waals surface area contributed by atoms with Crippen molar-refractivity contribution in [1.82, 2.24) is 15.2 Å². The third kappa shape index (κ3) is 7.02. The number of anilines is 1. The fourth-order valence-corrected chi connectivity index (χ4v) is 4.41. The lowest BCUT2D eigenvalue weighted by Gasteiger charge is -2.33. The van der Waals surface area contributed by atoms with E-state index in [0.29, 0.717) is 18.2 Å². The van der Waals surface area contributed by atoms with Crippen molar-refractivity contribution in [2.75, 3.05) is 18.4 Å². The van der Waals surface area contributed by atoms with Crippen LogP contribution in [0.3, 0.4) is 0 Å². The molecule has 3 rings (SSSR count). The Morgan fingerprint density at radius 3 is 2.55 bits per heavy atom. The van der Waals surface area contributed by atoms with Gasteiger partial charge in [-0.2, -0.15) is 0 Å². The fraction of sp³-hybridized carbons (Fsp3) is 0.500. The predicted octanol–water partition coefficient (Wildman–Crippen LogP) is 4.59. The van der Waals surface area contributed by atoms with Gasteiger partial charge in [-0.15, -0.1) is 11.3 Å². The van der Waals surface area contributed by atoms with Crippen LogP contribution >= 0.6 is 11.3 Å². The smallest absolute Gasteiger partial charge is 0.410 e. The van der Waals surface area contributed by atoms with Gasteiger partial charge in [-0.25, -0.2) is 9.78 Å². The molecule has 2 heterocycles. The van der Waals surface area contributed by atoms with E-state index in [0.717, 1.165) is 29.7 Å². The van der Waals surface area contributed by atoms with E-state index in [9.17, 15) is 14.4 Å². The Hall–Kier alpha value is -2.94. The van der Waals surface area contributed by atoms with E-state index < -0.39 is 5.60 Å². The molecule has 2 unspecified atom stereocenters. The first-order valence-electron chi connectivity index (χ1n) is 11.1. The van der Waals surface area contributed by atoms with Gasteiger partial charge in [0, 0.05) is 31.0 Å². The highest BCUT2D eigenvalue weighted by Crippen LogP contribution is 2.27. The Labute approximate surface area is 198 Å². The number of likely N-dealkylation sites (tertiary alicyclic amines) is 1. The summed E-state index contributed by atoms with van der Waals surface area (Å²) >= 11 is 1.37. The van der Waals surface area contributed by atoms with Crippen LogP contribution in [0.5, 0.6) is 0 Å². The standard InChI is InChI=1S/C24H32N4O4S/c1-15(25-16(2)29)17-8-10-18(11-9-17)20-14-33-22(26-20)27-21(30)19-7-6-12-28(13-19)23(31)32-24(3,4)5/h8-11,14-15,19H,6-7,12-13H2,1-5H3,(H,25,29)(H,26,27,30). The van der Waals surface area contributed by atoms with Gasteiger partial charge >= 0.3 is 6.09 Å². The molecule has 1 saturated heterocycles. The van der Waals surface area contributed by atoms with Crippen LogP contribution in [0.4, 0.5) is 9.93 Å². The third-order valence-electron chi connectivity index (χ3n) is 5.30. The minimum atomic E-state index is -0.566. The summed E-state index contributed by atoms with van der Waals surface area (Å²) in [6.45, 7) is 9.85. The molecule has 8 nitrogen and oxygen atoms in total. The topological polar surface area (TPSA) is 101 Å². The molecule has 2 N–H and O–H groups in total. The van der Waals surface area contributed by atoms with E-state index in [-0.39, 0.29) is 29.9 Å². The maximum Gasteiger partial charge on any atom is 0.410 e. The number of nitrogens with one attached hydrogen (secondary N) is 2. The molecule has 0 radical (unpaired) electrons. The van der Waals surface area contributed by atoms with Gasteiger partial charge < -0.3 is 20.3 Å². The highest BCUT2D eigenvalue weighted by Gasteiger charge is 2.31. The second-order valence-electron chi connectivity index (χ2n) is 9.34. The number of rotatable bonds is 5. The molecule has 1 aromatic heterocycles. The summed E-state index contributed by atoms with van der Waals surface area (Å²) in [7, 11) is 0. The number of amides is 3. The summed E-state index contributed by atoms with van der Waals surface area (Å²) in [4.78, 5) is 42.6. The van der Waals surface area contributed by atoms with Crippen molar-refractivity contribution in [2.45, 2.75) is 59.1 Å². The number of ether oxygens (including phenoxy) is 1. The number of thiazole rings is 1. The first kappa shape index (κ1) is 24.7. The van der Waals surface area contributed by atoms with E-state index in [4.69, 9.17) is 4.74 Å². The van der Waals surface area contributed by atoms with Crippen LogP contribution < -0.4 is 10.6 Å². The first-order chi connectivity index (χ1) is 15.5. The first-order valence-corrected chi connectivity index (χ1v) is 12.0. The Morgan fingerprint density at radius 2 is 1.91 bits per heavy atom. The second kappa shape index (κ2) is 10.3. The number of hydrogen-bond acceptors (Lipinski definition) is 6. The monoisotopic (exact) mass is 472 g/mol. The Bertz CT molecular complexity index is 997. The van der Waals surface area contributed by atoms with Crippen molar-refractivity contribution in [3.05, 3.63) is 35.2 Å². The fourth-order valence-electron chi connectivity index (χ4n) is 3.69. The maximum absolute atomic E-state index is 12.8. The number of carbonyl (C=O) groups excluding carboxylic acids is 3. The van der Waals surface area contributed by atoms with Crippen LogP contribution in [0, 0.1) is 5.92 Å². The Kier molecular flexibility index (Phi) is 7.73. The number of aromatic nitrogens is 1. The van der Waals surface area contributed by atoms with Crippen LogP contribution in [-0.4, -0.2) is 46.5 Å². The van der Waals surface area contributed by atoms with Gasteiger partial charge in [-0.1, -0.05) is 24.3 Å². The third-order valence-corrected chi connectivity index (χ3v) is 6.06. The van der Waals surface area contributed by atoms with E-state index >= 15 is 0 Å². The zero-order valence-corrected chi connectivity index (χ0v) is 20.6. The van der Waals surface area contributed by atoms with E-state index in [1.54, 1.807) is 4.90 Å². The molecule has 0 spiro atoms. The molecule has 2 aromatic rings. The largest absolute Gasteiger partial charge is 0.444 e. The van der Waals surface area contributed by atoms with Gasteiger partial charge in [-0.3, -0.25) is 9.59 Å². The van der Waals surface area contributed by atoms with Crippen LogP contribution in [0.2, 0.25) is 0 Å². The molecule has 0 saturated carbocycles. The molecule has 33 heavy (non-hydrogen) atoms. The van der Waals surface area contributed by atoms with Gasteiger partial charge in [0.2, 0.25) is 11.8 Å². The van der Waals surface area contributed by atoms with Gasteiger partial charge in [0.05, 0.1) is 17.7 Å². The molecule has 0 aliphatic carbocycles. The average Bonchev–Trinajstić information content (AvgIpc) is 3.20. The molecule has 9 heteroatoms. The number of hydrogen-bond donors (Lipinski definition) is 2. The highest BCUT2D eigenvalue weighted by molar-refractivity contribution is 7.14. The molecule has 1 aliphatic rings. The quantitative estimate of drug-likeness (QED) is 0.663. The molecule has 1 fully saturated rings. The molecule has 0 bridgehead atoms. The van der Waals surface area contributed by atoms with Crippen LogP contribution in [0.1, 0.15) is 59.1 Å². The van der Waals surface area contributed by atoms with Crippen molar-refractivity contribution in [3.63, 3.8) is 0 Å². The van der Waals surface area contributed by atoms with Crippen LogP contribution in [-0.2, 0) is 14.3 Å². The number of carbonyl (C=O) groups is 3. The van der Waals surface area contributed by atoms with Crippen LogP contribution in [0.15, 0.2) is 29.6 Å². The van der Waals surface area contributed by atoms with E-state index in [2.05, 4.69) is 15.6 Å². The Balaban J connectivity index is 1.59. The van der Waals surface area contributed by atoms with Crippen molar-refractivity contribution in [2.24, 2.45) is 5.92 Å². The zero-order chi connectivity index (χ0) is 24.2. The summed E-state index contributed by atoms with van der Waals surface area (Å²) in [5.74, 6) is -0.504. The summed E-state index contributed by atoms with van der Waals surface area (Å²) < 4.78 is 5.44. The molecule has 1 aromatic carbocycles. The lowest BCUT2D eigenvalue weighted by molar-refractivity contribution is -0.121. The lowest BCUT2D eigenvalue weighted by atomic mass is 9.97. The predicted molar refractivity (Wildman–Crippen MR) is 129 cm³/mol. The maximum atomic E-state index is 12.8. The molecule has 178 valence electrons. The van der Waals surface area contributed by atoms with Crippen molar-refractivity contribution >= 4 is 34.4 Å². The summed E-state index contributed by atoms with van der Waals surface area (Å²) in [5.41, 5.74) is 2.14. The number of benzene rings is 1. The minimum absolute atomic E-state index is 0.0707. The van der Waals surface area contributed by atoms with Gasteiger partial charge in [0.15, 0.2) is 5.13 Å². The highest BCUT2D eigenvalue weighted by atomic mass is 32.1. The van der Waals surface area contributed by atoms with Gasteiger partial charge in [-0.05, 0) is 46.1 Å². The molecular weight excluding hydrogens is 440 g/mol. The van der Waals surface area contributed by atoms with Gasteiger partial charge in [0.25, 0.3) is 0 Å². The summed E-state index contributed by atoms with van der Waals surface area (Å²) in [6.07, 6.45) is 1.09. The van der Waals surface area contributed by atoms with Crippen molar-refractivity contribution in [3.8, 4) is 11.3 Å². The number of nitrogens with zero attached hydrogens (tertiary/aromatic N) is 2. The molecule has 2 atom stereocenters. The van der Waals surface area contributed by atoms with E-state index in [1.807, 2.05) is 57.3 Å². The molecule has 1 aliphatic heterocycles. The number of piperidine rings is 1. The van der Waals surface area contributed by atoms with Gasteiger partial charge in [0.1, 0.15) is 5.60 Å². The summed E-state index contributed by atoms with van der Waals surface area (Å²) in [5, 5.41) is 8.19.